The number of hydrogen-bond donors (Lipinski definition) is 0. The van der Waals surface area contributed by atoms with E-state index in [1.54, 1.807) is 16.3 Å². The van der Waals surface area contributed by atoms with E-state index in [1.807, 2.05) is 13.2 Å². The van der Waals surface area contributed by atoms with Crippen molar-refractivity contribution in [3.8, 4) is 0 Å². The van der Waals surface area contributed by atoms with Crippen LogP contribution in [0.1, 0.15) is 24.7 Å². The van der Waals surface area contributed by atoms with Crippen LogP contribution >= 0.6 is 23.1 Å². The molecule has 0 saturated heterocycles. The Morgan fingerprint density at radius 2 is 2.19 bits per heavy atom. The second kappa shape index (κ2) is 3.56. The van der Waals surface area contributed by atoms with Crippen molar-refractivity contribution in [1.29, 1.82) is 0 Å². The summed E-state index contributed by atoms with van der Waals surface area (Å²) in [6.07, 6.45) is 4.14. The third-order valence-corrected chi connectivity index (χ3v) is 4.64. The van der Waals surface area contributed by atoms with E-state index >= 15 is 0 Å². The lowest BCUT2D eigenvalue weighted by Crippen LogP contribution is -2.22. The van der Waals surface area contributed by atoms with Crippen molar-refractivity contribution in [1.82, 2.24) is 14.5 Å². The monoisotopic (exact) mass is 253 g/mol. The summed E-state index contributed by atoms with van der Waals surface area (Å²) in [7, 11) is 0. The Bertz CT molecular complexity index is 612. The van der Waals surface area contributed by atoms with Crippen molar-refractivity contribution in [2.75, 3.05) is 6.26 Å². The lowest BCUT2D eigenvalue weighted by Gasteiger charge is -2.05. The quantitative estimate of drug-likeness (QED) is 0.770. The summed E-state index contributed by atoms with van der Waals surface area (Å²) < 4.78 is 2.71. The molecule has 0 aromatic carbocycles. The standard InChI is InChI=1S/C10H11N3OS2/c1-5-11-8-7(12-10(15-2)16-8)9(14)13(5)6-3-4-6/h6H,3-4H2,1-2H3. The molecule has 0 aliphatic heterocycles. The van der Waals surface area contributed by atoms with E-state index < -0.39 is 0 Å². The van der Waals surface area contributed by atoms with Gasteiger partial charge in [0, 0.05) is 6.04 Å². The molecule has 0 amide bonds. The summed E-state index contributed by atoms with van der Waals surface area (Å²) in [6, 6.07) is 0.365. The van der Waals surface area contributed by atoms with E-state index in [1.165, 1.54) is 11.3 Å². The average molecular weight is 253 g/mol. The maximum absolute atomic E-state index is 12.2. The van der Waals surface area contributed by atoms with Crippen LogP contribution in [0.15, 0.2) is 9.13 Å². The van der Waals surface area contributed by atoms with Gasteiger partial charge in [0.1, 0.15) is 5.82 Å². The lowest BCUT2D eigenvalue weighted by molar-refractivity contribution is 0.667. The first-order chi connectivity index (χ1) is 7.70. The van der Waals surface area contributed by atoms with E-state index in [9.17, 15) is 4.79 Å². The molecular weight excluding hydrogens is 242 g/mol. The minimum absolute atomic E-state index is 0.0292. The normalized spacial score (nSPS) is 15.9. The summed E-state index contributed by atoms with van der Waals surface area (Å²) in [5, 5.41) is 0. The summed E-state index contributed by atoms with van der Waals surface area (Å²) in [4.78, 5) is 21.8. The largest absolute Gasteiger partial charge is 0.292 e. The molecular formula is C10H11N3OS2. The highest BCUT2D eigenvalue weighted by molar-refractivity contribution is 8.00. The first-order valence-electron chi connectivity index (χ1n) is 5.14. The van der Waals surface area contributed by atoms with E-state index in [0.717, 1.165) is 27.8 Å². The maximum atomic E-state index is 12.2. The molecule has 1 saturated carbocycles. The molecule has 2 aromatic rings. The predicted molar refractivity (Wildman–Crippen MR) is 66.5 cm³/mol. The zero-order chi connectivity index (χ0) is 11.3. The van der Waals surface area contributed by atoms with E-state index in [2.05, 4.69) is 9.97 Å². The van der Waals surface area contributed by atoms with Crippen LogP contribution in [-0.4, -0.2) is 20.8 Å². The molecule has 1 fully saturated rings. The van der Waals surface area contributed by atoms with Crippen molar-refractivity contribution >= 4 is 33.4 Å². The van der Waals surface area contributed by atoms with Crippen LogP contribution in [0.2, 0.25) is 0 Å². The van der Waals surface area contributed by atoms with Gasteiger partial charge < -0.3 is 0 Å². The zero-order valence-electron chi connectivity index (χ0n) is 9.06. The Balaban J connectivity index is 2.32. The highest BCUT2D eigenvalue weighted by Gasteiger charge is 2.27. The van der Waals surface area contributed by atoms with E-state index in [4.69, 9.17) is 0 Å². The van der Waals surface area contributed by atoms with Crippen LogP contribution in [0.25, 0.3) is 10.3 Å². The molecule has 6 heteroatoms. The summed E-state index contributed by atoms with van der Waals surface area (Å²) >= 11 is 3.05. The Morgan fingerprint density at radius 3 is 2.81 bits per heavy atom. The molecule has 0 N–H and O–H groups in total. The molecule has 0 radical (unpaired) electrons. The number of aryl methyl sites for hydroxylation is 1. The maximum Gasteiger partial charge on any atom is 0.281 e. The second-order valence-corrected chi connectivity index (χ2v) is 5.93. The van der Waals surface area contributed by atoms with Gasteiger partial charge in [-0.1, -0.05) is 23.1 Å². The lowest BCUT2D eigenvalue weighted by atomic mass is 10.5. The van der Waals surface area contributed by atoms with E-state index in [-0.39, 0.29) is 5.56 Å². The summed E-state index contributed by atoms with van der Waals surface area (Å²) in [6.45, 7) is 1.90. The number of thioether (sulfide) groups is 1. The number of rotatable bonds is 2. The summed E-state index contributed by atoms with van der Waals surface area (Å²) in [5.74, 6) is 0.816. The van der Waals surface area contributed by atoms with Crippen molar-refractivity contribution < 1.29 is 0 Å². The number of hydrogen-bond acceptors (Lipinski definition) is 5. The molecule has 16 heavy (non-hydrogen) atoms. The SMILES string of the molecule is CSc1nc2c(=O)n(C3CC3)c(C)nc2s1. The third kappa shape index (κ3) is 1.48. The molecule has 0 unspecified atom stereocenters. The molecule has 0 spiro atoms. The van der Waals surface area contributed by atoms with Gasteiger partial charge in [-0.05, 0) is 26.0 Å². The Kier molecular flexibility index (Phi) is 2.29. The molecule has 84 valence electrons. The van der Waals surface area contributed by atoms with E-state index in [0.29, 0.717) is 11.6 Å². The Morgan fingerprint density at radius 1 is 1.44 bits per heavy atom. The topological polar surface area (TPSA) is 47.8 Å². The minimum atomic E-state index is 0.0292. The van der Waals surface area contributed by atoms with Crippen molar-refractivity contribution in [3.63, 3.8) is 0 Å². The third-order valence-electron chi connectivity index (χ3n) is 2.71. The zero-order valence-corrected chi connectivity index (χ0v) is 10.7. The molecule has 1 aliphatic rings. The van der Waals surface area contributed by atoms with Crippen LogP contribution in [0, 0.1) is 6.92 Å². The van der Waals surface area contributed by atoms with Gasteiger partial charge in [0.2, 0.25) is 0 Å². The molecule has 2 heterocycles. The van der Waals surface area contributed by atoms with Crippen LogP contribution < -0.4 is 5.56 Å². The fourth-order valence-corrected chi connectivity index (χ4v) is 3.28. The number of nitrogens with zero attached hydrogens (tertiary/aromatic N) is 3. The number of aromatic nitrogens is 3. The van der Waals surface area contributed by atoms with Gasteiger partial charge in [0.15, 0.2) is 14.7 Å². The van der Waals surface area contributed by atoms with Gasteiger partial charge in [-0.25, -0.2) is 9.97 Å². The minimum Gasteiger partial charge on any atom is -0.292 e. The molecule has 3 rings (SSSR count). The second-order valence-electron chi connectivity index (χ2n) is 3.90. The van der Waals surface area contributed by atoms with Gasteiger partial charge in [-0.3, -0.25) is 9.36 Å². The number of fused-ring (bicyclic) bond motifs is 1. The highest BCUT2D eigenvalue weighted by atomic mass is 32.2. The fraction of sp³-hybridized carbons (Fsp3) is 0.500. The van der Waals surface area contributed by atoms with Crippen LogP contribution in [0.5, 0.6) is 0 Å². The summed E-state index contributed by atoms with van der Waals surface area (Å²) in [5.41, 5.74) is 0.563. The number of thiazole rings is 1. The highest BCUT2D eigenvalue weighted by Crippen LogP contribution is 2.35. The van der Waals surface area contributed by atoms with Crippen molar-refractivity contribution in [3.05, 3.63) is 16.2 Å². The van der Waals surface area contributed by atoms with Gasteiger partial charge in [0.25, 0.3) is 5.56 Å². The molecule has 2 aromatic heterocycles. The van der Waals surface area contributed by atoms with Gasteiger partial charge in [-0.2, -0.15) is 0 Å². The molecule has 0 atom stereocenters. The van der Waals surface area contributed by atoms with Gasteiger partial charge >= 0.3 is 0 Å². The predicted octanol–water partition coefficient (Wildman–Crippen LogP) is 2.22. The Labute approximate surface area is 101 Å². The molecule has 1 aliphatic carbocycles. The van der Waals surface area contributed by atoms with Gasteiger partial charge in [0.05, 0.1) is 0 Å². The Hall–Kier alpha value is -0.880. The van der Waals surface area contributed by atoms with Crippen LogP contribution in [-0.2, 0) is 0 Å². The average Bonchev–Trinajstić information content (AvgIpc) is 2.98. The van der Waals surface area contributed by atoms with Crippen molar-refractivity contribution in [2.24, 2.45) is 0 Å². The smallest absolute Gasteiger partial charge is 0.281 e. The first kappa shape index (κ1) is 10.3. The van der Waals surface area contributed by atoms with Crippen LogP contribution in [0.4, 0.5) is 0 Å². The van der Waals surface area contributed by atoms with Gasteiger partial charge in [-0.15, -0.1) is 0 Å². The first-order valence-corrected chi connectivity index (χ1v) is 7.18. The molecule has 0 bridgehead atoms. The fourth-order valence-electron chi connectivity index (χ4n) is 1.82. The van der Waals surface area contributed by atoms with Crippen LogP contribution in [0.3, 0.4) is 0 Å². The molecule has 4 nitrogen and oxygen atoms in total. The van der Waals surface area contributed by atoms with Crippen molar-refractivity contribution in [2.45, 2.75) is 30.1 Å².